The quantitative estimate of drug-likeness (QED) is 0.646. The maximum atomic E-state index is 4.68. The van der Waals surface area contributed by atoms with Crippen LogP contribution in [-0.2, 0) is 6.42 Å². The lowest BCUT2D eigenvalue weighted by Crippen LogP contribution is -2.24. The van der Waals surface area contributed by atoms with Gasteiger partial charge in [-0.05, 0) is 44.5 Å². The van der Waals surface area contributed by atoms with Crippen molar-refractivity contribution in [1.82, 2.24) is 10.3 Å². The van der Waals surface area contributed by atoms with Crippen molar-refractivity contribution < 1.29 is 0 Å². The first-order chi connectivity index (χ1) is 10.0. The summed E-state index contributed by atoms with van der Waals surface area (Å²) >= 11 is 9.01. The third-order valence-corrected chi connectivity index (χ3v) is 5.71. The molecule has 0 fully saturated rings. The van der Waals surface area contributed by atoms with E-state index in [-0.39, 0.29) is 6.04 Å². The molecule has 0 aliphatic heterocycles. The molecule has 114 valence electrons. The van der Waals surface area contributed by atoms with Crippen molar-refractivity contribution in [2.45, 2.75) is 39.7 Å². The Labute approximate surface area is 147 Å². The van der Waals surface area contributed by atoms with E-state index in [4.69, 9.17) is 0 Å². The molecular formula is C16H20Br2N2S. The summed E-state index contributed by atoms with van der Waals surface area (Å²) in [6.07, 6.45) is 2.06. The van der Waals surface area contributed by atoms with Crippen molar-refractivity contribution in [2.75, 3.05) is 6.54 Å². The van der Waals surface area contributed by atoms with Crippen LogP contribution in [0.2, 0.25) is 0 Å². The molecule has 0 saturated carbocycles. The second-order valence-corrected chi connectivity index (χ2v) is 8.18. The molecule has 1 aromatic carbocycles. The summed E-state index contributed by atoms with van der Waals surface area (Å²) in [5.41, 5.74) is 2.44. The summed E-state index contributed by atoms with van der Waals surface area (Å²) in [6, 6.07) is 6.67. The van der Waals surface area contributed by atoms with Crippen LogP contribution in [0.25, 0.3) is 0 Å². The Balaban J connectivity index is 2.24. The third-order valence-electron chi connectivity index (χ3n) is 3.43. The van der Waals surface area contributed by atoms with Crippen LogP contribution in [0.1, 0.15) is 40.5 Å². The number of hydrogen-bond acceptors (Lipinski definition) is 3. The van der Waals surface area contributed by atoms with Crippen LogP contribution in [0.3, 0.4) is 0 Å². The van der Waals surface area contributed by atoms with Gasteiger partial charge in [0.2, 0.25) is 0 Å². The van der Waals surface area contributed by atoms with Gasteiger partial charge in [-0.15, -0.1) is 11.3 Å². The summed E-state index contributed by atoms with van der Waals surface area (Å²) in [4.78, 5) is 6.00. The molecule has 0 radical (unpaired) electrons. The third kappa shape index (κ3) is 4.62. The largest absolute Gasteiger partial charge is 0.310 e. The molecule has 1 heterocycles. The molecule has 2 nitrogen and oxygen atoms in total. The van der Waals surface area contributed by atoms with Crippen LogP contribution >= 0.6 is 43.2 Å². The van der Waals surface area contributed by atoms with Crippen molar-refractivity contribution >= 4 is 43.2 Å². The van der Waals surface area contributed by atoms with E-state index in [9.17, 15) is 0 Å². The van der Waals surface area contributed by atoms with Crippen LogP contribution in [0.4, 0.5) is 0 Å². The zero-order valence-corrected chi connectivity index (χ0v) is 16.5. The SMILES string of the molecule is CCCNC(Cc1nc(C)c(C)s1)c1ccc(Br)cc1Br. The molecular weight excluding hydrogens is 412 g/mol. The summed E-state index contributed by atoms with van der Waals surface area (Å²) in [6.45, 7) is 7.43. The molecule has 0 bridgehead atoms. The highest BCUT2D eigenvalue weighted by molar-refractivity contribution is 9.11. The molecule has 1 aromatic heterocycles. The van der Waals surface area contributed by atoms with Crippen molar-refractivity contribution in [3.8, 4) is 0 Å². The van der Waals surface area contributed by atoms with Crippen LogP contribution < -0.4 is 5.32 Å². The highest BCUT2D eigenvalue weighted by Crippen LogP contribution is 2.30. The molecule has 0 aliphatic carbocycles. The average Bonchev–Trinajstić information content (AvgIpc) is 2.74. The Hall–Kier alpha value is -0.230. The van der Waals surface area contributed by atoms with E-state index in [0.29, 0.717) is 0 Å². The lowest BCUT2D eigenvalue weighted by Gasteiger charge is -2.19. The van der Waals surface area contributed by atoms with E-state index in [1.165, 1.54) is 15.4 Å². The average molecular weight is 432 g/mol. The van der Waals surface area contributed by atoms with Crippen LogP contribution in [0.5, 0.6) is 0 Å². The molecule has 2 rings (SSSR count). The minimum Gasteiger partial charge on any atom is -0.310 e. The van der Waals surface area contributed by atoms with Crippen molar-refractivity contribution in [3.63, 3.8) is 0 Å². The van der Waals surface area contributed by atoms with E-state index in [0.717, 1.165) is 34.0 Å². The number of rotatable bonds is 6. The number of halogens is 2. The molecule has 1 N–H and O–H groups in total. The number of hydrogen-bond donors (Lipinski definition) is 1. The van der Waals surface area contributed by atoms with Gasteiger partial charge in [0.15, 0.2) is 0 Å². The Bertz CT molecular complexity index is 591. The summed E-state index contributed by atoms with van der Waals surface area (Å²) in [5, 5.41) is 4.85. The monoisotopic (exact) mass is 430 g/mol. The number of nitrogens with zero attached hydrogens (tertiary/aromatic N) is 1. The number of thiazole rings is 1. The maximum absolute atomic E-state index is 4.68. The van der Waals surface area contributed by atoms with Crippen molar-refractivity contribution in [3.05, 3.63) is 48.3 Å². The number of aryl methyl sites for hydroxylation is 2. The summed E-state index contributed by atoms with van der Waals surface area (Å²) in [7, 11) is 0. The van der Waals surface area contributed by atoms with Gasteiger partial charge >= 0.3 is 0 Å². The lowest BCUT2D eigenvalue weighted by atomic mass is 10.0. The van der Waals surface area contributed by atoms with E-state index in [1.54, 1.807) is 11.3 Å². The summed E-state index contributed by atoms with van der Waals surface area (Å²) < 4.78 is 2.23. The Kier molecular flexibility index (Phi) is 6.41. The smallest absolute Gasteiger partial charge is 0.0949 e. The van der Waals surface area contributed by atoms with Gasteiger partial charge in [-0.2, -0.15) is 0 Å². The molecule has 1 atom stereocenters. The van der Waals surface area contributed by atoms with Crippen LogP contribution in [-0.4, -0.2) is 11.5 Å². The molecule has 5 heteroatoms. The minimum absolute atomic E-state index is 0.289. The molecule has 0 amide bonds. The number of aromatic nitrogens is 1. The molecule has 0 aliphatic rings. The standard InChI is InChI=1S/C16H20Br2N2S/c1-4-7-19-15(9-16-20-10(2)11(3)21-16)13-6-5-12(17)8-14(13)18/h5-6,8,15,19H,4,7,9H2,1-3H3. The highest BCUT2D eigenvalue weighted by Gasteiger charge is 2.17. The van der Waals surface area contributed by atoms with Crippen LogP contribution in [0, 0.1) is 13.8 Å². The fourth-order valence-electron chi connectivity index (χ4n) is 2.20. The second-order valence-electron chi connectivity index (χ2n) is 5.13. The van der Waals surface area contributed by atoms with E-state index in [1.807, 2.05) is 0 Å². The van der Waals surface area contributed by atoms with Gasteiger partial charge in [-0.1, -0.05) is 44.8 Å². The predicted octanol–water partition coefficient (Wildman–Crippen LogP) is 5.57. The number of benzene rings is 1. The molecule has 0 saturated heterocycles. The molecule has 0 spiro atoms. The Morgan fingerprint density at radius 1 is 1.29 bits per heavy atom. The zero-order chi connectivity index (χ0) is 15.4. The first-order valence-electron chi connectivity index (χ1n) is 7.12. The van der Waals surface area contributed by atoms with Gasteiger partial charge in [0, 0.05) is 26.3 Å². The second kappa shape index (κ2) is 7.86. The van der Waals surface area contributed by atoms with Gasteiger partial charge < -0.3 is 5.32 Å². The minimum atomic E-state index is 0.289. The highest BCUT2D eigenvalue weighted by atomic mass is 79.9. The van der Waals surface area contributed by atoms with Crippen molar-refractivity contribution in [2.24, 2.45) is 0 Å². The molecule has 21 heavy (non-hydrogen) atoms. The Morgan fingerprint density at radius 2 is 2.05 bits per heavy atom. The van der Waals surface area contributed by atoms with E-state index < -0.39 is 0 Å². The first kappa shape index (κ1) is 17.1. The first-order valence-corrected chi connectivity index (χ1v) is 9.52. The maximum Gasteiger partial charge on any atom is 0.0949 e. The van der Waals surface area contributed by atoms with Crippen LogP contribution in [0.15, 0.2) is 27.1 Å². The van der Waals surface area contributed by atoms with E-state index in [2.05, 4.69) is 81.1 Å². The topological polar surface area (TPSA) is 24.9 Å². The summed E-state index contributed by atoms with van der Waals surface area (Å²) in [5.74, 6) is 0. The molecule has 1 unspecified atom stereocenters. The van der Waals surface area contributed by atoms with Gasteiger partial charge in [0.25, 0.3) is 0 Å². The van der Waals surface area contributed by atoms with Gasteiger partial charge in [0.1, 0.15) is 0 Å². The zero-order valence-electron chi connectivity index (χ0n) is 12.5. The molecule has 2 aromatic rings. The van der Waals surface area contributed by atoms with Gasteiger partial charge in [0.05, 0.1) is 10.7 Å². The Morgan fingerprint density at radius 3 is 2.62 bits per heavy atom. The van der Waals surface area contributed by atoms with Crippen molar-refractivity contribution in [1.29, 1.82) is 0 Å². The fraction of sp³-hybridized carbons (Fsp3) is 0.438. The van der Waals surface area contributed by atoms with E-state index >= 15 is 0 Å². The lowest BCUT2D eigenvalue weighted by molar-refractivity contribution is 0.526. The van der Waals surface area contributed by atoms with Gasteiger partial charge in [-0.3, -0.25) is 0 Å². The van der Waals surface area contributed by atoms with Gasteiger partial charge in [-0.25, -0.2) is 4.98 Å². The predicted molar refractivity (Wildman–Crippen MR) is 98.2 cm³/mol. The normalized spacial score (nSPS) is 12.6. The fourth-order valence-corrected chi connectivity index (χ4v) is 4.50. The number of nitrogens with one attached hydrogen (secondary N) is 1.